The summed E-state index contributed by atoms with van der Waals surface area (Å²) in [7, 11) is -4.50. The van der Waals surface area contributed by atoms with Crippen LogP contribution >= 0.6 is 15.9 Å². The van der Waals surface area contributed by atoms with Crippen LogP contribution in [0.25, 0.3) is 0 Å². The zero-order chi connectivity index (χ0) is 14.5. The summed E-state index contributed by atoms with van der Waals surface area (Å²) in [5, 5.41) is 3.11. The summed E-state index contributed by atoms with van der Waals surface area (Å²) in [6.07, 6.45) is 1.95. The molecule has 0 amide bonds. The Labute approximate surface area is 120 Å². The number of rotatable bonds is 7. The molecule has 0 radical (unpaired) electrons. The molecular formula is C12H16BrF2NO2S. The molecule has 0 aliphatic carbocycles. The van der Waals surface area contributed by atoms with Gasteiger partial charge < -0.3 is 5.32 Å². The monoisotopic (exact) mass is 355 g/mol. The van der Waals surface area contributed by atoms with Crippen LogP contribution in [0, 0.1) is 0 Å². The van der Waals surface area contributed by atoms with E-state index < -0.39 is 15.6 Å². The zero-order valence-corrected chi connectivity index (χ0v) is 12.8. The Morgan fingerprint density at radius 3 is 2.32 bits per heavy atom. The highest BCUT2D eigenvalue weighted by atomic mass is 79.9. The minimum Gasteiger partial charge on any atom is -0.385 e. The van der Waals surface area contributed by atoms with Crippen LogP contribution in [0.5, 0.6) is 0 Å². The molecule has 0 aliphatic heterocycles. The Balaban J connectivity index is 2.62. The van der Waals surface area contributed by atoms with E-state index in [0.29, 0.717) is 10.5 Å². The van der Waals surface area contributed by atoms with Gasteiger partial charge in [-0.25, -0.2) is 8.42 Å². The molecule has 3 nitrogen and oxygen atoms in total. The molecule has 0 saturated heterocycles. The molecule has 0 saturated carbocycles. The Morgan fingerprint density at radius 1 is 1.26 bits per heavy atom. The molecular weight excluding hydrogens is 340 g/mol. The van der Waals surface area contributed by atoms with E-state index in [1.807, 2.05) is 0 Å². The van der Waals surface area contributed by atoms with E-state index in [4.69, 9.17) is 0 Å². The van der Waals surface area contributed by atoms with E-state index in [1.54, 1.807) is 0 Å². The van der Waals surface area contributed by atoms with Crippen molar-refractivity contribution in [3.05, 3.63) is 24.3 Å². The Morgan fingerprint density at radius 2 is 1.84 bits per heavy atom. The molecule has 1 N–H and O–H groups in total. The van der Waals surface area contributed by atoms with E-state index in [0.717, 1.165) is 19.4 Å². The number of halogens is 3. The first-order valence-electron chi connectivity index (χ1n) is 5.88. The smallest absolute Gasteiger partial charge is 0.341 e. The molecule has 1 aromatic carbocycles. The van der Waals surface area contributed by atoms with Crippen LogP contribution in [0.1, 0.15) is 19.8 Å². The largest absolute Gasteiger partial charge is 0.385 e. The molecule has 1 aromatic rings. The summed E-state index contributed by atoms with van der Waals surface area (Å²) < 4.78 is 47.1. The maximum absolute atomic E-state index is 12.3. The number of hydrogen-bond donors (Lipinski definition) is 1. The lowest BCUT2D eigenvalue weighted by Crippen LogP contribution is -2.11. The third kappa shape index (κ3) is 4.72. The molecule has 1 unspecified atom stereocenters. The van der Waals surface area contributed by atoms with Crippen molar-refractivity contribution in [3.63, 3.8) is 0 Å². The molecule has 1 atom stereocenters. The average Bonchev–Trinajstić information content (AvgIpc) is 2.39. The van der Waals surface area contributed by atoms with Gasteiger partial charge in [0.25, 0.3) is 0 Å². The van der Waals surface area contributed by atoms with Gasteiger partial charge in [0.1, 0.15) is 0 Å². The van der Waals surface area contributed by atoms with Gasteiger partial charge in [-0.3, -0.25) is 0 Å². The highest BCUT2D eigenvalue weighted by molar-refractivity contribution is 9.09. The topological polar surface area (TPSA) is 46.2 Å². The van der Waals surface area contributed by atoms with E-state index in [1.165, 1.54) is 24.3 Å². The van der Waals surface area contributed by atoms with E-state index in [9.17, 15) is 17.2 Å². The SMILES string of the molecule is CCC(Br)CCNc1ccc(S(=O)(=O)C(F)F)cc1. The standard InChI is InChI=1S/C12H16BrF2NO2S/c1-2-9(13)7-8-16-10-3-5-11(6-4-10)19(17,18)12(14)15/h3-6,9,12,16H,2,7-8H2,1H3. The number of sulfone groups is 1. The number of hydrogen-bond acceptors (Lipinski definition) is 3. The second-order valence-electron chi connectivity index (χ2n) is 4.05. The summed E-state index contributed by atoms with van der Waals surface area (Å²) in [6, 6.07) is 5.36. The summed E-state index contributed by atoms with van der Waals surface area (Å²) in [5.41, 5.74) is 0.712. The molecule has 0 spiro atoms. The summed E-state index contributed by atoms with van der Waals surface area (Å²) in [4.78, 5) is 0.0680. The summed E-state index contributed by atoms with van der Waals surface area (Å²) in [5.74, 6) is -3.38. The Hall–Kier alpha value is -0.690. The first kappa shape index (κ1) is 16.4. The number of anilines is 1. The molecule has 108 valence electrons. The molecule has 0 aliphatic rings. The van der Waals surface area contributed by atoms with Crippen molar-refractivity contribution in [2.75, 3.05) is 11.9 Å². The van der Waals surface area contributed by atoms with Crippen molar-refractivity contribution in [3.8, 4) is 0 Å². The van der Waals surface area contributed by atoms with Crippen molar-refractivity contribution < 1.29 is 17.2 Å². The van der Waals surface area contributed by atoms with E-state index in [2.05, 4.69) is 28.2 Å². The molecule has 7 heteroatoms. The van der Waals surface area contributed by atoms with Gasteiger partial charge in [-0.05, 0) is 37.1 Å². The zero-order valence-electron chi connectivity index (χ0n) is 10.4. The quantitative estimate of drug-likeness (QED) is 0.759. The van der Waals surface area contributed by atoms with Gasteiger partial charge in [0.2, 0.25) is 9.84 Å². The number of benzene rings is 1. The van der Waals surface area contributed by atoms with Gasteiger partial charge in [0.05, 0.1) is 4.90 Å². The van der Waals surface area contributed by atoms with Crippen LogP contribution in [0.15, 0.2) is 29.2 Å². The van der Waals surface area contributed by atoms with Crippen LogP contribution in [-0.2, 0) is 9.84 Å². The predicted molar refractivity (Wildman–Crippen MR) is 75.7 cm³/mol. The maximum atomic E-state index is 12.3. The fraction of sp³-hybridized carbons (Fsp3) is 0.500. The molecule has 0 bridgehead atoms. The fourth-order valence-corrected chi connectivity index (χ4v) is 2.39. The molecule has 0 aromatic heterocycles. The summed E-state index contributed by atoms with van der Waals surface area (Å²) >= 11 is 3.50. The molecule has 1 rings (SSSR count). The maximum Gasteiger partial charge on any atom is 0.341 e. The second-order valence-corrected chi connectivity index (χ2v) is 7.26. The van der Waals surface area contributed by atoms with Gasteiger partial charge in [-0.15, -0.1) is 0 Å². The average molecular weight is 356 g/mol. The van der Waals surface area contributed by atoms with Crippen molar-refractivity contribution in [2.45, 2.75) is 35.2 Å². The predicted octanol–water partition coefficient (Wildman–Crippen LogP) is 3.66. The van der Waals surface area contributed by atoms with Gasteiger partial charge in [-0.1, -0.05) is 22.9 Å². The number of alkyl halides is 3. The first-order chi connectivity index (χ1) is 8.87. The lowest BCUT2D eigenvalue weighted by Gasteiger charge is -2.10. The van der Waals surface area contributed by atoms with Crippen molar-refractivity contribution in [1.29, 1.82) is 0 Å². The van der Waals surface area contributed by atoms with Crippen molar-refractivity contribution >= 4 is 31.5 Å². The highest BCUT2D eigenvalue weighted by Gasteiger charge is 2.26. The van der Waals surface area contributed by atoms with Gasteiger partial charge in [0.15, 0.2) is 0 Å². The number of nitrogens with one attached hydrogen (secondary N) is 1. The Bertz CT molecular complexity index is 491. The van der Waals surface area contributed by atoms with Crippen molar-refractivity contribution in [1.82, 2.24) is 0 Å². The normalized spacial score (nSPS) is 13.5. The van der Waals surface area contributed by atoms with Crippen molar-refractivity contribution in [2.24, 2.45) is 0 Å². The minimum absolute atomic E-state index is 0.361. The summed E-state index contributed by atoms with van der Waals surface area (Å²) in [6.45, 7) is 2.80. The lowest BCUT2D eigenvalue weighted by molar-refractivity contribution is 0.234. The minimum atomic E-state index is -4.50. The first-order valence-corrected chi connectivity index (χ1v) is 8.34. The van der Waals surface area contributed by atoms with Gasteiger partial charge in [-0.2, -0.15) is 8.78 Å². The van der Waals surface area contributed by atoms with E-state index in [-0.39, 0.29) is 4.90 Å². The molecule has 0 heterocycles. The van der Waals surface area contributed by atoms with Crippen LogP contribution in [0.4, 0.5) is 14.5 Å². The van der Waals surface area contributed by atoms with Crippen LogP contribution < -0.4 is 5.32 Å². The third-order valence-corrected chi connectivity index (χ3v) is 5.15. The van der Waals surface area contributed by atoms with E-state index >= 15 is 0 Å². The molecule has 0 fully saturated rings. The highest BCUT2D eigenvalue weighted by Crippen LogP contribution is 2.20. The van der Waals surface area contributed by atoms with Gasteiger partial charge >= 0.3 is 5.76 Å². The Kier molecular flexibility index (Phi) is 6.19. The van der Waals surface area contributed by atoms with Crippen LogP contribution in [-0.4, -0.2) is 25.5 Å². The van der Waals surface area contributed by atoms with Crippen LogP contribution in [0.2, 0.25) is 0 Å². The lowest BCUT2D eigenvalue weighted by atomic mass is 10.2. The fourth-order valence-electron chi connectivity index (χ4n) is 1.44. The van der Waals surface area contributed by atoms with Gasteiger partial charge in [0, 0.05) is 17.1 Å². The third-order valence-electron chi connectivity index (χ3n) is 2.65. The second kappa shape index (κ2) is 7.19. The van der Waals surface area contributed by atoms with Crippen LogP contribution in [0.3, 0.4) is 0 Å². The molecule has 19 heavy (non-hydrogen) atoms.